The summed E-state index contributed by atoms with van der Waals surface area (Å²) in [6.07, 6.45) is 0.812. The van der Waals surface area contributed by atoms with Gasteiger partial charge in [0.15, 0.2) is 0 Å². The molecular weight excluding hydrogens is 181 g/mol. The molecule has 1 aromatic rings. The van der Waals surface area contributed by atoms with E-state index < -0.39 is 5.54 Å². The molecule has 0 heterocycles. The van der Waals surface area contributed by atoms with Crippen LogP contribution in [0.3, 0.4) is 0 Å². The molecule has 0 aromatic heterocycles. The van der Waals surface area contributed by atoms with Crippen LogP contribution in [0, 0.1) is 11.7 Å². The maximum Gasteiger partial charge on any atom is 0.123 e. The van der Waals surface area contributed by atoms with E-state index >= 15 is 0 Å². The molecular formula is C11H14FNO. The van der Waals surface area contributed by atoms with Crippen LogP contribution in [0.4, 0.5) is 4.39 Å². The first-order valence-corrected chi connectivity index (χ1v) is 4.76. The van der Waals surface area contributed by atoms with Crippen LogP contribution in [0.1, 0.15) is 18.1 Å². The second kappa shape index (κ2) is 3.04. The Bertz CT molecular complexity index is 366. The van der Waals surface area contributed by atoms with Crippen LogP contribution in [0.5, 0.6) is 0 Å². The molecule has 0 saturated carbocycles. The highest BCUT2D eigenvalue weighted by molar-refractivity contribution is 5.40. The van der Waals surface area contributed by atoms with Crippen LogP contribution in [-0.2, 0) is 12.0 Å². The van der Waals surface area contributed by atoms with Crippen LogP contribution in [0.25, 0.3) is 0 Å². The number of fused-ring (bicyclic) bond motifs is 1. The summed E-state index contributed by atoms with van der Waals surface area (Å²) < 4.78 is 13.0. The van der Waals surface area contributed by atoms with Gasteiger partial charge in [-0.05, 0) is 35.6 Å². The van der Waals surface area contributed by atoms with Gasteiger partial charge in [0.2, 0.25) is 0 Å². The Morgan fingerprint density at radius 1 is 1.64 bits per heavy atom. The van der Waals surface area contributed by atoms with E-state index in [1.54, 1.807) is 6.07 Å². The Morgan fingerprint density at radius 3 is 3.00 bits per heavy atom. The Morgan fingerprint density at radius 2 is 2.36 bits per heavy atom. The molecule has 0 bridgehead atoms. The van der Waals surface area contributed by atoms with Crippen molar-refractivity contribution in [2.24, 2.45) is 11.7 Å². The summed E-state index contributed by atoms with van der Waals surface area (Å²) in [5.41, 5.74) is 7.11. The largest absolute Gasteiger partial charge is 0.394 e. The Hall–Kier alpha value is -0.930. The zero-order valence-electron chi connectivity index (χ0n) is 8.13. The van der Waals surface area contributed by atoms with Gasteiger partial charge in [-0.1, -0.05) is 13.0 Å². The van der Waals surface area contributed by atoms with Crippen molar-refractivity contribution in [3.05, 3.63) is 35.1 Å². The van der Waals surface area contributed by atoms with Gasteiger partial charge >= 0.3 is 0 Å². The van der Waals surface area contributed by atoms with E-state index in [1.807, 2.05) is 6.92 Å². The minimum Gasteiger partial charge on any atom is -0.394 e. The smallest absolute Gasteiger partial charge is 0.123 e. The standard InChI is InChI=1S/C11H14FNO/c1-7-4-8-2-3-9(12)5-10(8)11(7,13)6-14/h2-3,5,7,14H,4,6,13H2,1H3. The highest BCUT2D eigenvalue weighted by atomic mass is 19.1. The van der Waals surface area contributed by atoms with Crippen molar-refractivity contribution in [2.45, 2.75) is 18.9 Å². The molecule has 2 nitrogen and oxygen atoms in total. The first-order valence-electron chi connectivity index (χ1n) is 4.76. The summed E-state index contributed by atoms with van der Waals surface area (Å²) >= 11 is 0. The normalized spacial score (nSPS) is 30.4. The summed E-state index contributed by atoms with van der Waals surface area (Å²) in [4.78, 5) is 0. The lowest BCUT2D eigenvalue weighted by molar-refractivity contribution is 0.159. The molecule has 1 aliphatic carbocycles. The van der Waals surface area contributed by atoms with Gasteiger partial charge in [0.25, 0.3) is 0 Å². The summed E-state index contributed by atoms with van der Waals surface area (Å²) in [5.74, 6) is -0.134. The molecule has 0 spiro atoms. The summed E-state index contributed by atoms with van der Waals surface area (Å²) in [7, 11) is 0. The summed E-state index contributed by atoms with van der Waals surface area (Å²) in [6, 6.07) is 4.63. The van der Waals surface area contributed by atoms with Crippen molar-refractivity contribution >= 4 is 0 Å². The van der Waals surface area contributed by atoms with Gasteiger partial charge in [-0.3, -0.25) is 0 Å². The molecule has 0 saturated heterocycles. The van der Waals surface area contributed by atoms with Crippen molar-refractivity contribution in [2.75, 3.05) is 6.61 Å². The highest BCUT2D eigenvalue weighted by Crippen LogP contribution is 2.39. The van der Waals surface area contributed by atoms with Crippen molar-refractivity contribution in [3.63, 3.8) is 0 Å². The second-order valence-corrected chi connectivity index (χ2v) is 4.11. The average molecular weight is 195 g/mol. The molecule has 76 valence electrons. The fraction of sp³-hybridized carbons (Fsp3) is 0.455. The van der Waals surface area contributed by atoms with E-state index in [0.29, 0.717) is 0 Å². The van der Waals surface area contributed by atoms with E-state index in [-0.39, 0.29) is 18.3 Å². The Balaban J connectivity index is 2.55. The van der Waals surface area contributed by atoms with Crippen molar-refractivity contribution in [1.82, 2.24) is 0 Å². The first kappa shape index (κ1) is 9.62. The molecule has 2 rings (SSSR count). The number of benzene rings is 1. The number of rotatable bonds is 1. The summed E-state index contributed by atoms with van der Waals surface area (Å²) in [5, 5.41) is 9.29. The third-order valence-corrected chi connectivity index (χ3v) is 3.24. The third-order valence-electron chi connectivity index (χ3n) is 3.24. The SMILES string of the molecule is CC1Cc2ccc(F)cc2C1(N)CO. The first-order chi connectivity index (χ1) is 6.58. The highest BCUT2D eigenvalue weighted by Gasteiger charge is 2.40. The average Bonchev–Trinajstić information content (AvgIpc) is 2.41. The summed E-state index contributed by atoms with van der Waals surface area (Å²) in [6.45, 7) is 1.85. The molecule has 0 aliphatic heterocycles. The lowest BCUT2D eigenvalue weighted by Gasteiger charge is -2.27. The van der Waals surface area contributed by atoms with Crippen molar-refractivity contribution < 1.29 is 9.50 Å². The zero-order chi connectivity index (χ0) is 10.3. The number of hydrogen-bond donors (Lipinski definition) is 2. The zero-order valence-corrected chi connectivity index (χ0v) is 8.13. The lowest BCUT2D eigenvalue weighted by atomic mass is 9.87. The number of aliphatic hydroxyl groups is 1. The quantitative estimate of drug-likeness (QED) is 0.706. The Kier molecular flexibility index (Phi) is 2.09. The minimum absolute atomic E-state index is 0.134. The fourth-order valence-electron chi connectivity index (χ4n) is 2.18. The van der Waals surface area contributed by atoms with Gasteiger partial charge < -0.3 is 10.8 Å². The van der Waals surface area contributed by atoms with E-state index in [1.165, 1.54) is 12.1 Å². The molecule has 0 amide bonds. The van der Waals surface area contributed by atoms with Crippen molar-refractivity contribution in [1.29, 1.82) is 0 Å². The maximum absolute atomic E-state index is 13.0. The maximum atomic E-state index is 13.0. The van der Waals surface area contributed by atoms with Gasteiger partial charge in [0, 0.05) is 0 Å². The minimum atomic E-state index is -0.766. The molecule has 0 radical (unpaired) electrons. The van der Waals surface area contributed by atoms with E-state index in [4.69, 9.17) is 5.73 Å². The van der Waals surface area contributed by atoms with Gasteiger partial charge in [0.05, 0.1) is 12.1 Å². The Labute approximate surface area is 82.5 Å². The number of nitrogens with two attached hydrogens (primary N) is 1. The molecule has 3 N–H and O–H groups in total. The van der Waals surface area contributed by atoms with E-state index in [0.717, 1.165) is 17.5 Å². The fourth-order valence-corrected chi connectivity index (χ4v) is 2.18. The molecule has 14 heavy (non-hydrogen) atoms. The molecule has 1 aliphatic rings. The second-order valence-electron chi connectivity index (χ2n) is 4.11. The van der Waals surface area contributed by atoms with Crippen LogP contribution >= 0.6 is 0 Å². The predicted octanol–water partition coefficient (Wildman–Crippen LogP) is 1.16. The van der Waals surface area contributed by atoms with Crippen molar-refractivity contribution in [3.8, 4) is 0 Å². The molecule has 2 atom stereocenters. The van der Waals surface area contributed by atoms with Crippen LogP contribution in [0.15, 0.2) is 18.2 Å². The van der Waals surface area contributed by atoms with Gasteiger partial charge in [0.1, 0.15) is 5.82 Å². The van der Waals surface area contributed by atoms with Crippen LogP contribution in [0.2, 0.25) is 0 Å². The molecule has 1 aromatic carbocycles. The van der Waals surface area contributed by atoms with E-state index in [2.05, 4.69) is 0 Å². The lowest BCUT2D eigenvalue weighted by Crippen LogP contribution is -2.43. The predicted molar refractivity (Wildman–Crippen MR) is 52.2 cm³/mol. The number of hydrogen-bond acceptors (Lipinski definition) is 2. The third kappa shape index (κ3) is 1.16. The van der Waals surface area contributed by atoms with Crippen LogP contribution < -0.4 is 5.73 Å². The molecule has 2 unspecified atom stereocenters. The monoisotopic (exact) mass is 195 g/mol. The van der Waals surface area contributed by atoms with Gasteiger partial charge in [-0.25, -0.2) is 4.39 Å². The van der Waals surface area contributed by atoms with Gasteiger partial charge in [-0.2, -0.15) is 0 Å². The van der Waals surface area contributed by atoms with Crippen LogP contribution in [-0.4, -0.2) is 11.7 Å². The van der Waals surface area contributed by atoms with E-state index in [9.17, 15) is 9.50 Å². The number of aliphatic hydroxyl groups excluding tert-OH is 1. The van der Waals surface area contributed by atoms with Gasteiger partial charge in [-0.15, -0.1) is 0 Å². The molecule has 0 fully saturated rings. The number of halogens is 1. The molecule has 3 heteroatoms. The topological polar surface area (TPSA) is 46.2 Å².